The third kappa shape index (κ3) is 2.17. The molecule has 0 atom stereocenters. The summed E-state index contributed by atoms with van der Waals surface area (Å²) in [7, 11) is 1.83. The van der Waals surface area contributed by atoms with Crippen molar-refractivity contribution in [3.05, 3.63) is 0 Å². The summed E-state index contributed by atoms with van der Waals surface area (Å²) in [4.78, 5) is 0. The predicted octanol–water partition coefficient (Wildman–Crippen LogP) is 1.56. The van der Waals surface area contributed by atoms with Gasteiger partial charge in [0, 0.05) is 13.7 Å². The highest BCUT2D eigenvalue weighted by Crippen LogP contribution is 2.34. The fourth-order valence-corrected chi connectivity index (χ4v) is 1.52. The third-order valence-electron chi connectivity index (χ3n) is 2.57. The van der Waals surface area contributed by atoms with Gasteiger partial charge < -0.3 is 10.1 Å². The second kappa shape index (κ2) is 4.07. The Labute approximate surface area is 69.3 Å². The van der Waals surface area contributed by atoms with Crippen molar-refractivity contribution in [2.24, 2.45) is 0 Å². The zero-order valence-electron chi connectivity index (χ0n) is 7.65. The molecule has 0 aromatic carbocycles. The highest BCUT2D eigenvalue weighted by Gasteiger charge is 2.36. The van der Waals surface area contributed by atoms with E-state index in [1.807, 2.05) is 7.11 Å². The molecular weight excluding hydrogens is 138 g/mol. The van der Waals surface area contributed by atoms with E-state index in [-0.39, 0.29) is 5.60 Å². The van der Waals surface area contributed by atoms with Crippen molar-refractivity contribution in [1.82, 2.24) is 5.32 Å². The first-order chi connectivity index (χ1) is 5.33. The van der Waals surface area contributed by atoms with Gasteiger partial charge in [0.1, 0.15) is 0 Å². The van der Waals surface area contributed by atoms with Gasteiger partial charge in [-0.05, 0) is 32.2 Å². The molecule has 0 heterocycles. The van der Waals surface area contributed by atoms with Crippen molar-refractivity contribution in [1.29, 1.82) is 0 Å². The lowest BCUT2D eigenvalue weighted by atomic mass is 9.80. The van der Waals surface area contributed by atoms with Crippen LogP contribution in [0.3, 0.4) is 0 Å². The van der Waals surface area contributed by atoms with Crippen molar-refractivity contribution in [2.45, 2.75) is 38.2 Å². The normalized spacial score (nSPS) is 21.3. The first kappa shape index (κ1) is 9.01. The average Bonchev–Trinajstić information content (AvgIpc) is 1.95. The summed E-state index contributed by atoms with van der Waals surface area (Å²) in [6, 6.07) is 0. The van der Waals surface area contributed by atoms with Crippen molar-refractivity contribution in [3.8, 4) is 0 Å². The van der Waals surface area contributed by atoms with E-state index >= 15 is 0 Å². The van der Waals surface area contributed by atoms with Crippen LogP contribution in [0.25, 0.3) is 0 Å². The van der Waals surface area contributed by atoms with Crippen LogP contribution in [0.15, 0.2) is 0 Å². The van der Waals surface area contributed by atoms with Crippen molar-refractivity contribution in [3.63, 3.8) is 0 Å². The van der Waals surface area contributed by atoms with Crippen LogP contribution < -0.4 is 5.32 Å². The first-order valence-electron chi connectivity index (χ1n) is 4.59. The Morgan fingerprint density at radius 3 is 2.55 bits per heavy atom. The van der Waals surface area contributed by atoms with E-state index in [4.69, 9.17) is 4.74 Å². The second-order valence-corrected chi connectivity index (χ2v) is 3.42. The second-order valence-electron chi connectivity index (χ2n) is 3.42. The van der Waals surface area contributed by atoms with Crippen LogP contribution in [0, 0.1) is 0 Å². The number of ether oxygens (including phenoxy) is 1. The van der Waals surface area contributed by atoms with Crippen LogP contribution in [-0.2, 0) is 4.74 Å². The molecule has 66 valence electrons. The van der Waals surface area contributed by atoms with Crippen LogP contribution in [0.4, 0.5) is 0 Å². The molecule has 2 nitrogen and oxygen atoms in total. The molecule has 1 fully saturated rings. The van der Waals surface area contributed by atoms with Crippen LogP contribution in [0.5, 0.6) is 0 Å². The van der Waals surface area contributed by atoms with E-state index in [1.165, 1.54) is 25.7 Å². The number of methoxy groups -OCH3 is 1. The Kier molecular flexibility index (Phi) is 3.34. The Hall–Kier alpha value is -0.0800. The smallest absolute Gasteiger partial charge is 0.0802 e. The largest absolute Gasteiger partial charge is 0.377 e. The van der Waals surface area contributed by atoms with Gasteiger partial charge in [0.05, 0.1) is 5.60 Å². The lowest BCUT2D eigenvalue weighted by Gasteiger charge is -2.40. The van der Waals surface area contributed by atoms with Crippen molar-refractivity contribution in [2.75, 3.05) is 20.2 Å². The lowest BCUT2D eigenvalue weighted by Crippen LogP contribution is -2.48. The minimum absolute atomic E-state index is 0.204. The molecule has 0 bridgehead atoms. The molecular formula is C9H19NO. The average molecular weight is 157 g/mol. The zero-order valence-corrected chi connectivity index (χ0v) is 7.65. The van der Waals surface area contributed by atoms with Gasteiger partial charge in [-0.25, -0.2) is 0 Å². The number of rotatable bonds is 5. The van der Waals surface area contributed by atoms with Gasteiger partial charge in [-0.2, -0.15) is 0 Å². The lowest BCUT2D eigenvalue weighted by molar-refractivity contribution is -0.0691. The molecule has 1 aliphatic carbocycles. The molecule has 0 spiro atoms. The number of hydrogen-bond donors (Lipinski definition) is 1. The zero-order chi connectivity index (χ0) is 8.16. The molecule has 0 radical (unpaired) electrons. The molecule has 0 aromatic rings. The van der Waals surface area contributed by atoms with Gasteiger partial charge in [-0.15, -0.1) is 0 Å². The maximum absolute atomic E-state index is 5.46. The van der Waals surface area contributed by atoms with E-state index < -0.39 is 0 Å². The van der Waals surface area contributed by atoms with Gasteiger partial charge in [0.2, 0.25) is 0 Å². The van der Waals surface area contributed by atoms with Crippen molar-refractivity contribution >= 4 is 0 Å². The van der Waals surface area contributed by atoms with E-state index in [0.29, 0.717) is 0 Å². The summed E-state index contributed by atoms with van der Waals surface area (Å²) in [6.45, 7) is 4.34. The quantitative estimate of drug-likeness (QED) is 0.611. The molecule has 1 aliphatic rings. The van der Waals surface area contributed by atoms with Crippen molar-refractivity contribution < 1.29 is 4.74 Å². The Morgan fingerprint density at radius 1 is 1.45 bits per heavy atom. The summed E-state index contributed by atoms with van der Waals surface area (Å²) in [6.07, 6.45) is 5.02. The number of hydrogen-bond acceptors (Lipinski definition) is 2. The molecule has 0 saturated heterocycles. The molecule has 2 heteroatoms. The molecule has 0 aromatic heterocycles. The first-order valence-corrected chi connectivity index (χ1v) is 4.59. The standard InChI is InChI=1S/C9H19NO/c1-3-7-10-8-9(11-2)5-4-6-9/h10H,3-8H2,1-2H3. The van der Waals surface area contributed by atoms with Gasteiger partial charge in [0.15, 0.2) is 0 Å². The molecule has 1 saturated carbocycles. The van der Waals surface area contributed by atoms with Gasteiger partial charge in [0.25, 0.3) is 0 Å². The minimum atomic E-state index is 0.204. The van der Waals surface area contributed by atoms with E-state index in [2.05, 4.69) is 12.2 Å². The van der Waals surface area contributed by atoms with Gasteiger partial charge >= 0.3 is 0 Å². The number of nitrogens with one attached hydrogen (secondary N) is 1. The van der Waals surface area contributed by atoms with E-state index in [9.17, 15) is 0 Å². The Morgan fingerprint density at radius 2 is 2.18 bits per heavy atom. The highest BCUT2D eigenvalue weighted by molar-refractivity contribution is 4.91. The van der Waals surface area contributed by atoms with Crippen LogP contribution in [0.1, 0.15) is 32.6 Å². The molecule has 1 N–H and O–H groups in total. The minimum Gasteiger partial charge on any atom is -0.377 e. The third-order valence-corrected chi connectivity index (χ3v) is 2.57. The maximum atomic E-state index is 5.46. The summed E-state index contributed by atoms with van der Waals surface area (Å²) in [5.41, 5.74) is 0.204. The molecule has 0 aliphatic heterocycles. The Bertz CT molecular complexity index is 105. The van der Waals surface area contributed by atoms with E-state index in [1.54, 1.807) is 0 Å². The van der Waals surface area contributed by atoms with Crippen LogP contribution in [0.2, 0.25) is 0 Å². The summed E-state index contributed by atoms with van der Waals surface area (Å²) in [5, 5.41) is 3.40. The fourth-order valence-electron chi connectivity index (χ4n) is 1.52. The topological polar surface area (TPSA) is 21.3 Å². The summed E-state index contributed by atoms with van der Waals surface area (Å²) < 4.78 is 5.46. The maximum Gasteiger partial charge on any atom is 0.0802 e. The highest BCUT2D eigenvalue weighted by atomic mass is 16.5. The van der Waals surface area contributed by atoms with Gasteiger partial charge in [-0.1, -0.05) is 6.92 Å². The van der Waals surface area contributed by atoms with Crippen LogP contribution in [-0.4, -0.2) is 25.8 Å². The summed E-state index contributed by atoms with van der Waals surface area (Å²) in [5.74, 6) is 0. The predicted molar refractivity (Wildman–Crippen MR) is 46.8 cm³/mol. The van der Waals surface area contributed by atoms with Gasteiger partial charge in [-0.3, -0.25) is 0 Å². The monoisotopic (exact) mass is 157 g/mol. The molecule has 11 heavy (non-hydrogen) atoms. The fraction of sp³-hybridized carbons (Fsp3) is 1.00. The molecule has 0 unspecified atom stereocenters. The molecule has 1 rings (SSSR count). The molecule has 0 amide bonds. The SMILES string of the molecule is CCCNCC1(OC)CCC1. The summed E-state index contributed by atoms with van der Waals surface area (Å²) >= 11 is 0. The Balaban J connectivity index is 2.11. The van der Waals surface area contributed by atoms with Crippen LogP contribution >= 0.6 is 0 Å². The van der Waals surface area contributed by atoms with E-state index in [0.717, 1.165) is 13.1 Å².